The van der Waals surface area contributed by atoms with Gasteiger partial charge in [-0.3, -0.25) is 0 Å². The molecule has 0 atom stereocenters. The summed E-state index contributed by atoms with van der Waals surface area (Å²) in [6.07, 6.45) is 0. The molecule has 1 heteroatoms. The lowest BCUT2D eigenvalue weighted by atomic mass is 10.3. The molecular formula is C5H9I. The van der Waals surface area contributed by atoms with E-state index in [-0.39, 0.29) is 0 Å². The highest BCUT2D eigenvalue weighted by Crippen LogP contribution is 2.08. The van der Waals surface area contributed by atoms with Gasteiger partial charge in [0.05, 0.1) is 0 Å². The predicted molar refractivity (Wildman–Crippen MR) is 38.1 cm³/mol. The standard InChI is InChI=1S/C5H9I/c1-4(2)5(3)6/h1-3H3. The Hall–Kier alpha value is 0.470. The first kappa shape index (κ1) is 6.47. The third kappa shape index (κ3) is 2.69. The molecule has 0 nitrogen and oxygen atoms in total. The van der Waals surface area contributed by atoms with Crippen LogP contribution >= 0.6 is 22.6 Å². The molecule has 0 aliphatic rings. The van der Waals surface area contributed by atoms with Crippen LogP contribution in [0.5, 0.6) is 0 Å². The van der Waals surface area contributed by atoms with Crippen LogP contribution in [0.2, 0.25) is 0 Å². The molecule has 6 heavy (non-hydrogen) atoms. The highest BCUT2D eigenvalue weighted by Gasteiger charge is 1.77. The first-order chi connectivity index (χ1) is 2.64. The monoisotopic (exact) mass is 196 g/mol. The minimum atomic E-state index is 1.40. The maximum atomic E-state index is 2.31. The van der Waals surface area contributed by atoms with Gasteiger partial charge in [-0.15, -0.1) is 0 Å². The summed E-state index contributed by atoms with van der Waals surface area (Å²) in [5, 5.41) is 0. The molecule has 0 N–H and O–H groups in total. The predicted octanol–water partition coefficient (Wildman–Crippen LogP) is 2.74. The van der Waals surface area contributed by atoms with Crippen molar-refractivity contribution < 1.29 is 0 Å². The van der Waals surface area contributed by atoms with Crippen LogP contribution in [-0.4, -0.2) is 0 Å². The van der Waals surface area contributed by atoms with Gasteiger partial charge in [-0.25, -0.2) is 0 Å². The van der Waals surface area contributed by atoms with Gasteiger partial charge >= 0.3 is 0 Å². The van der Waals surface area contributed by atoms with Crippen LogP contribution in [0.3, 0.4) is 0 Å². The molecule has 0 radical (unpaired) electrons. The van der Waals surface area contributed by atoms with Crippen LogP contribution in [-0.2, 0) is 0 Å². The Kier molecular flexibility index (Phi) is 2.82. The summed E-state index contributed by atoms with van der Waals surface area (Å²) < 4.78 is 1.40. The Morgan fingerprint density at radius 2 is 1.33 bits per heavy atom. The van der Waals surface area contributed by atoms with E-state index >= 15 is 0 Å². The van der Waals surface area contributed by atoms with E-state index in [0.29, 0.717) is 0 Å². The van der Waals surface area contributed by atoms with E-state index in [1.807, 2.05) is 0 Å². The van der Waals surface area contributed by atoms with Crippen molar-refractivity contribution in [3.63, 3.8) is 0 Å². The smallest absolute Gasteiger partial charge is 0.0139 e. The van der Waals surface area contributed by atoms with Gasteiger partial charge < -0.3 is 0 Å². The zero-order chi connectivity index (χ0) is 5.15. The minimum Gasteiger partial charge on any atom is -0.0674 e. The summed E-state index contributed by atoms with van der Waals surface area (Å²) in [4.78, 5) is 0. The summed E-state index contributed by atoms with van der Waals surface area (Å²) >= 11 is 2.31. The minimum absolute atomic E-state index is 1.40. The van der Waals surface area contributed by atoms with Crippen LogP contribution in [0, 0.1) is 0 Å². The Bertz CT molecular complexity index is 54.0. The van der Waals surface area contributed by atoms with Crippen molar-refractivity contribution in [1.29, 1.82) is 0 Å². The summed E-state index contributed by atoms with van der Waals surface area (Å²) in [6.45, 7) is 6.33. The van der Waals surface area contributed by atoms with Gasteiger partial charge in [0, 0.05) is 0 Å². The van der Waals surface area contributed by atoms with Crippen molar-refractivity contribution in [3.8, 4) is 0 Å². The van der Waals surface area contributed by atoms with Crippen LogP contribution in [0.4, 0.5) is 0 Å². The van der Waals surface area contributed by atoms with E-state index in [9.17, 15) is 0 Å². The van der Waals surface area contributed by atoms with Gasteiger partial charge in [0.15, 0.2) is 0 Å². The van der Waals surface area contributed by atoms with Gasteiger partial charge in [0.1, 0.15) is 0 Å². The molecule has 0 bridgehead atoms. The van der Waals surface area contributed by atoms with Gasteiger partial charge in [-0.05, 0) is 46.9 Å². The molecule has 36 valence electrons. The van der Waals surface area contributed by atoms with Gasteiger partial charge in [0.25, 0.3) is 0 Å². The zero-order valence-corrected chi connectivity index (χ0v) is 6.54. The van der Waals surface area contributed by atoms with Crippen molar-refractivity contribution in [2.24, 2.45) is 0 Å². The van der Waals surface area contributed by atoms with E-state index in [0.717, 1.165) is 0 Å². The zero-order valence-electron chi connectivity index (χ0n) is 4.38. The lowest BCUT2D eigenvalue weighted by molar-refractivity contribution is 1.36. The fraction of sp³-hybridized carbons (Fsp3) is 0.600. The molecule has 0 aromatic carbocycles. The highest BCUT2D eigenvalue weighted by molar-refractivity contribution is 14.1. The second kappa shape index (κ2) is 2.61. The molecule has 0 fully saturated rings. The maximum Gasteiger partial charge on any atom is -0.0139 e. The van der Waals surface area contributed by atoms with E-state index in [4.69, 9.17) is 0 Å². The Morgan fingerprint density at radius 1 is 1.17 bits per heavy atom. The fourth-order valence-corrected chi connectivity index (χ4v) is 0. The van der Waals surface area contributed by atoms with Crippen LogP contribution in [0.25, 0.3) is 0 Å². The van der Waals surface area contributed by atoms with Crippen molar-refractivity contribution in [2.75, 3.05) is 0 Å². The number of rotatable bonds is 0. The first-order valence-corrected chi connectivity index (χ1v) is 3.02. The molecular weight excluding hydrogens is 187 g/mol. The number of allylic oxidation sites excluding steroid dienone is 2. The Labute approximate surface area is 52.8 Å². The molecule has 0 aliphatic heterocycles. The highest BCUT2D eigenvalue weighted by atomic mass is 127. The average molecular weight is 196 g/mol. The largest absolute Gasteiger partial charge is 0.0674 e. The molecule has 0 saturated heterocycles. The van der Waals surface area contributed by atoms with Crippen LogP contribution in [0.1, 0.15) is 20.8 Å². The average Bonchev–Trinajstić information content (AvgIpc) is 1.36. The summed E-state index contributed by atoms with van der Waals surface area (Å²) in [6, 6.07) is 0. The molecule has 0 heterocycles. The lowest BCUT2D eigenvalue weighted by Gasteiger charge is -1.85. The van der Waals surface area contributed by atoms with E-state index in [2.05, 4.69) is 43.4 Å². The van der Waals surface area contributed by atoms with Gasteiger partial charge in [-0.1, -0.05) is 5.57 Å². The number of halogens is 1. The third-order valence-electron chi connectivity index (χ3n) is 0.689. The van der Waals surface area contributed by atoms with Crippen LogP contribution in [0.15, 0.2) is 9.15 Å². The first-order valence-electron chi connectivity index (χ1n) is 1.94. The Balaban J connectivity index is 3.68. The SMILES string of the molecule is CC(C)=C(C)I. The summed E-state index contributed by atoms with van der Waals surface area (Å²) in [7, 11) is 0. The molecule has 0 unspecified atom stereocenters. The van der Waals surface area contributed by atoms with Gasteiger partial charge in [0.2, 0.25) is 0 Å². The lowest BCUT2D eigenvalue weighted by Crippen LogP contribution is -1.61. The topological polar surface area (TPSA) is 0 Å². The Morgan fingerprint density at radius 3 is 1.33 bits per heavy atom. The van der Waals surface area contributed by atoms with E-state index in [1.165, 1.54) is 9.15 Å². The summed E-state index contributed by atoms with van der Waals surface area (Å²) in [5.74, 6) is 0. The molecule has 0 aliphatic carbocycles. The molecule has 0 aromatic heterocycles. The van der Waals surface area contributed by atoms with E-state index in [1.54, 1.807) is 0 Å². The normalized spacial score (nSPS) is 8.00. The molecule has 0 amide bonds. The number of hydrogen-bond donors (Lipinski definition) is 0. The quantitative estimate of drug-likeness (QED) is 0.522. The van der Waals surface area contributed by atoms with Crippen molar-refractivity contribution in [3.05, 3.63) is 9.15 Å². The van der Waals surface area contributed by atoms with Crippen molar-refractivity contribution >= 4 is 22.6 Å². The fourth-order valence-electron chi connectivity index (χ4n) is 0. The molecule has 0 saturated carbocycles. The second-order valence-corrected chi connectivity index (χ2v) is 3.15. The van der Waals surface area contributed by atoms with Crippen molar-refractivity contribution in [2.45, 2.75) is 20.8 Å². The molecule has 0 aromatic rings. The van der Waals surface area contributed by atoms with Crippen LogP contribution < -0.4 is 0 Å². The maximum absolute atomic E-state index is 2.31. The second-order valence-electron chi connectivity index (χ2n) is 1.53. The van der Waals surface area contributed by atoms with E-state index < -0.39 is 0 Å². The molecule has 0 rings (SSSR count). The third-order valence-corrected chi connectivity index (χ3v) is 1.77. The summed E-state index contributed by atoms with van der Waals surface area (Å²) in [5.41, 5.74) is 1.41. The molecule has 0 spiro atoms. The number of hydrogen-bond acceptors (Lipinski definition) is 0. The van der Waals surface area contributed by atoms with Gasteiger partial charge in [-0.2, -0.15) is 0 Å². The van der Waals surface area contributed by atoms with Crippen molar-refractivity contribution in [1.82, 2.24) is 0 Å².